The molecule has 0 fully saturated rings. The van der Waals surface area contributed by atoms with E-state index in [0.717, 1.165) is 25.5 Å². The summed E-state index contributed by atoms with van der Waals surface area (Å²) in [5.74, 6) is 0.547. The molecule has 0 bridgehead atoms. The van der Waals surface area contributed by atoms with Gasteiger partial charge in [0.15, 0.2) is 5.82 Å². The van der Waals surface area contributed by atoms with Crippen molar-refractivity contribution in [1.29, 1.82) is 0 Å². The predicted molar refractivity (Wildman–Crippen MR) is 101 cm³/mol. The highest BCUT2D eigenvalue weighted by atomic mass is 32.1. The molecule has 4 heterocycles. The standard InChI is InChI=1S/C17H12N4O3S2/c1-9-10(2)26-17-13(9)16(19-14(20-17)12-6-4-8-25-12)24-11-5-3-7-18-15(11)21(22)23/h3-8H,1-2H3. The van der Waals surface area contributed by atoms with Crippen molar-refractivity contribution in [2.24, 2.45) is 0 Å². The first-order chi connectivity index (χ1) is 12.5. The number of aromatic nitrogens is 3. The lowest BCUT2D eigenvalue weighted by Crippen LogP contribution is -1.99. The molecule has 0 unspecified atom stereocenters. The van der Waals surface area contributed by atoms with Crippen LogP contribution in [0.25, 0.3) is 20.9 Å². The topological polar surface area (TPSA) is 91.0 Å². The number of nitro groups is 1. The van der Waals surface area contributed by atoms with Gasteiger partial charge in [-0.3, -0.25) is 0 Å². The zero-order chi connectivity index (χ0) is 18.3. The summed E-state index contributed by atoms with van der Waals surface area (Å²) in [6.07, 6.45) is 1.36. The quantitative estimate of drug-likeness (QED) is 0.358. The highest BCUT2D eigenvalue weighted by Crippen LogP contribution is 2.39. The van der Waals surface area contributed by atoms with Crippen molar-refractivity contribution in [1.82, 2.24) is 15.0 Å². The molecule has 9 heteroatoms. The predicted octanol–water partition coefficient (Wildman–Crippen LogP) is 5.13. The Morgan fingerprint density at radius 2 is 2.04 bits per heavy atom. The zero-order valence-electron chi connectivity index (χ0n) is 13.8. The largest absolute Gasteiger partial charge is 0.429 e. The molecule has 4 aromatic heterocycles. The minimum absolute atomic E-state index is 0.0536. The van der Waals surface area contributed by atoms with Crippen molar-refractivity contribution >= 4 is 38.7 Å². The Balaban J connectivity index is 1.92. The molecule has 0 aliphatic rings. The van der Waals surface area contributed by atoms with Crippen LogP contribution in [0.2, 0.25) is 0 Å². The van der Waals surface area contributed by atoms with E-state index in [4.69, 9.17) is 4.74 Å². The molecule has 0 aliphatic heterocycles. The maximum atomic E-state index is 11.2. The summed E-state index contributed by atoms with van der Waals surface area (Å²) in [4.78, 5) is 26.4. The molecule has 7 nitrogen and oxygen atoms in total. The smallest absolute Gasteiger partial charge is 0.406 e. The maximum absolute atomic E-state index is 11.2. The van der Waals surface area contributed by atoms with Crippen LogP contribution < -0.4 is 4.74 Å². The molecule has 0 N–H and O–H groups in total. The van der Waals surface area contributed by atoms with E-state index in [1.165, 1.54) is 23.6 Å². The van der Waals surface area contributed by atoms with E-state index in [-0.39, 0.29) is 11.6 Å². The summed E-state index contributed by atoms with van der Waals surface area (Å²) in [7, 11) is 0. The summed E-state index contributed by atoms with van der Waals surface area (Å²) in [6, 6.07) is 6.95. The van der Waals surface area contributed by atoms with Gasteiger partial charge in [-0.1, -0.05) is 6.07 Å². The fourth-order valence-corrected chi connectivity index (χ4v) is 4.18. The lowest BCUT2D eigenvalue weighted by atomic mass is 10.2. The van der Waals surface area contributed by atoms with Crippen molar-refractivity contribution in [3.63, 3.8) is 0 Å². The Kier molecular flexibility index (Phi) is 4.09. The number of hydrogen-bond acceptors (Lipinski definition) is 8. The summed E-state index contributed by atoms with van der Waals surface area (Å²) in [6.45, 7) is 3.97. The van der Waals surface area contributed by atoms with Gasteiger partial charge in [-0.05, 0) is 52.9 Å². The van der Waals surface area contributed by atoms with E-state index in [1.54, 1.807) is 17.4 Å². The third-order valence-electron chi connectivity index (χ3n) is 3.87. The minimum Gasteiger partial charge on any atom is -0.429 e. The van der Waals surface area contributed by atoms with Gasteiger partial charge in [0.05, 0.1) is 10.3 Å². The molecule has 0 saturated heterocycles. The first kappa shape index (κ1) is 16.6. The van der Waals surface area contributed by atoms with E-state index in [2.05, 4.69) is 15.0 Å². The molecule has 4 aromatic rings. The van der Waals surface area contributed by atoms with Gasteiger partial charge in [-0.2, -0.15) is 4.98 Å². The number of fused-ring (bicyclic) bond motifs is 1. The first-order valence-corrected chi connectivity index (χ1v) is 9.33. The Labute approximate surface area is 156 Å². The SMILES string of the molecule is Cc1sc2nc(-c3cccs3)nc(Oc3cccnc3[N+](=O)[O-])c2c1C. The van der Waals surface area contributed by atoms with Crippen molar-refractivity contribution in [2.45, 2.75) is 13.8 Å². The number of thiophene rings is 2. The van der Waals surface area contributed by atoms with Crippen LogP contribution in [0.15, 0.2) is 35.8 Å². The fourth-order valence-electron chi connectivity index (χ4n) is 2.51. The second kappa shape index (κ2) is 6.43. The molecule has 0 aromatic carbocycles. The van der Waals surface area contributed by atoms with E-state index in [9.17, 15) is 10.1 Å². The van der Waals surface area contributed by atoms with Gasteiger partial charge in [0, 0.05) is 4.88 Å². The van der Waals surface area contributed by atoms with Gasteiger partial charge in [-0.15, -0.1) is 22.7 Å². The minimum atomic E-state index is -0.570. The summed E-state index contributed by atoms with van der Waals surface area (Å²) in [5.41, 5.74) is 1.00. The lowest BCUT2D eigenvalue weighted by Gasteiger charge is -2.08. The van der Waals surface area contributed by atoms with Gasteiger partial charge >= 0.3 is 5.82 Å². The number of ether oxygens (including phenoxy) is 1. The normalized spacial score (nSPS) is 11.0. The van der Waals surface area contributed by atoms with Crippen LogP contribution >= 0.6 is 22.7 Å². The van der Waals surface area contributed by atoms with E-state index < -0.39 is 4.92 Å². The molecular formula is C17H12N4O3S2. The highest BCUT2D eigenvalue weighted by Gasteiger charge is 2.22. The molecule has 0 amide bonds. The van der Waals surface area contributed by atoms with Gasteiger partial charge < -0.3 is 14.9 Å². The molecule has 26 heavy (non-hydrogen) atoms. The van der Waals surface area contributed by atoms with Gasteiger partial charge in [0.1, 0.15) is 11.0 Å². The number of hydrogen-bond donors (Lipinski definition) is 0. The zero-order valence-corrected chi connectivity index (χ0v) is 15.4. The van der Waals surface area contributed by atoms with Crippen molar-refractivity contribution in [3.05, 3.63) is 56.4 Å². The van der Waals surface area contributed by atoms with Crippen LogP contribution in [0, 0.1) is 24.0 Å². The summed E-state index contributed by atoms with van der Waals surface area (Å²) >= 11 is 3.07. The third kappa shape index (κ3) is 2.80. The maximum Gasteiger partial charge on any atom is 0.406 e. The van der Waals surface area contributed by atoms with Crippen LogP contribution in [-0.4, -0.2) is 19.9 Å². The Morgan fingerprint density at radius 3 is 2.77 bits per heavy atom. The number of nitrogens with zero attached hydrogens (tertiary/aromatic N) is 4. The van der Waals surface area contributed by atoms with Crippen molar-refractivity contribution in [2.75, 3.05) is 0 Å². The summed E-state index contributed by atoms with van der Waals surface area (Å²) < 4.78 is 5.87. The average Bonchev–Trinajstić information content (AvgIpc) is 3.24. The molecule has 0 radical (unpaired) electrons. The van der Waals surface area contributed by atoms with Crippen LogP contribution in [0.5, 0.6) is 11.6 Å². The molecule has 0 atom stereocenters. The second-order valence-corrected chi connectivity index (χ2v) is 7.63. The molecule has 0 saturated carbocycles. The summed E-state index contributed by atoms with van der Waals surface area (Å²) in [5, 5.41) is 13.9. The van der Waals surface area contributed by atoms with Crippen molar-refractivity contribution in [3.8, 4) is 22.3 Å². The molecule has 0 spiro atoms. The van der Waals surface area contributed by atoms with Crippen molar-refractivity contribution < 1.29 is 9.66 Å². The van der Waals surface area contributed by atoms with Crippen LogP contribution in [0.1, 0.15) is 10.4 Å². The monoisotopic (exact) mass is 384 g/mol. The highest BCUT2D eigenvalue weighted by molar-refractivity contribution is 7.18. The fraction of sp³-hybridized carbons (Fsp3) is 0.118. The van der Waals surface area contributed by atoms with E-state index >= 15 is 0 Å². The molecule has 130 valence electrons. The molecule has 4 rings (SSSR count). The third-order valence-corrected chi connectivity index (χ3v) is 5.83. The Bertz CT molecular complexity index is 1120. The van der Waals surface area contributed by atoms with Crippen LogP contribution in [0.3, 0.4) is 0 Å². The van der Waals surface area contributed by atoms with Gasteiger partial charge in [-0.25, -0.2) is 4.98 Å². The molecular weight excluding hydrogens is 372 g/mol. The van der Waals surface area contributed by atoms with Gasteiger partial charge in [0.25, 0.3) is 0 Å². The van der Waals surface area contributed by atoms with E-state index in [1.807, 2.05) is 31.4 Å². The van der Waals surface area contributed by atoms with Crippen LogP contribution in [-0.2, 0) is 0 Å². The number of aryl methyl sites for hydroxylation is 2. The van der Waals surface area contributed by atoms with E-state index in [0.29, 0.717) is 11.7 Å². The van der Waals surface area contributed by atoms with Gasteiger partial charge in [0.2, 0.25) is 11.6 Å². The Morgan fingerprint density at radius 1 is 1.19 bits per heavy atom. The van der Waals surface area contributed by atoms with Crippen LogP contribution in [0.4, 0.5) is 5.82 Å². The average molecular weight is 384 g/mol. The Hall–Kier alpha value is -2.91. The molecule has 0 aliphatic carbocycles. The second-order valence-electron chi connectivity index (χ2n) is 5.48. The first-order valence-electron chi connectivity index (χ1n) is 7.63. The number of pyridine rings is 1. The number of rotatable bonds is 4. The lowest BCUT2D eigenvalue weighted by molar-refractivity contribution is -0.390.